The Labute approximate surface area is 214 Å². The highest BCUT2D eigenvalue weighted by atomic mass is 32.2. The van der Waals surface area contributed by atoms with E-state index in [4.69, 9.17) is 0 Å². The van der Waals surface area contributed by atoms with E-state index >= 15 is 0 Å². The molecule has 0 aliphatic carbocycles. The highest BCUT2D eigenvalue weighted by Crippen LogP contribution is 2.31. The van der Waals surface area contributed by atoms with Crippen LogP contribution < -0.4 is 9.62 Å². The van der Waals surface area contributed by atoms with E-state index in [0.29, 0.717) is 25.2 Å². The van der Waals surface area contributed by atoms with E-state index in [-0.39, 0.29) is 16.8 Å². The van der Waals surface area contributed by atoms with Gasteiger partial charge in [0, 0.05) is 30.2 Å². The molecule has 3 aromatic carbocycles. The number of anilines is 1. The van der Waals surface area contributed by atoms with Crippen molar-refractivity contribution in [1.82, 2.24) is 24.3 Å². The Morgan fingerprint density at radius 1 is 0.892 bits per heavy atom. The first-order chi connectivity index (χ1) is 17.9. The lowest BCUT2D eigenvalue weighted by Crippen LogP contribution is -2.37. The average Bonchev–Trinajstić information content (AvgIpc) is 3.63. The Kier molecular flexibility index (Phi) is 5.77. The number of aromatic nitrogens is 4. The third-order valence-corrected chi connectivity index (χ3v) is 8.39. The molecule has 8 nitrogen and oxygen atoms in total. The number of benzene rings is 3. The molecule has 0 saturated carbocycles. The zero-order valence-corrected chi connectivity index (χ0v) is 20.9. The zero-order valence-electron chi connectivity index (χ0n) is 20.1. The van der Waals surface area contributed by atoms with E-state index in [1.165, 1.54) is 18.3 Å². The largest absolute Gasteiger partial charge is 0.369 e. The van der Waals surface area contributed by atoms with Crippen molar-refractivity contribution in [1.29, 1.82) is 0 Å². The van der Waals surface area contributed by atoms with Gasteiger partial charge in [-0.25, -0.2) is 26.9 Å². The lowest BCUT2D eigenvalue weighted by Gasteiger charge is -2.20. The van der Waals surface area contributed by atoms with E-state index in [9.17, 15) is 12.8 Å². The third-order valence-electron chi connectivity index (χ3n) is 6.77. The molecule has 188 valence electrons. The number of halogens is 1. The second kappa shape index (κ2) is 9.13. The van der Waals surface area contributed by atoms with Crippen LogP contribution in [0.3, 0.4) is 0 Å². The second-order valence-electron chi connectivity index (χ2n) is 9.14. The van der Waals surface area contributed by atoms with Gasteiger partial charge in [-0.15, -0.1) is 0 Å². The van der Waals surface area contributed by atoms with Crippen molar-refractivity contribution in [3.63, 3.8) is 0 Å². The Morgan fingerprint density at radius 2 is 1.62 bits per heavy atom. The summed E-state index contributed by atoms with van der Waals surface area (Å²) < 4.78 is 46.2. The van der Waals surface area contributed by atoms with Gasteiger partial charge in [0.05, 0.1) is 35.0 Å². The van der Waals surface area contributed by atoms with Gasteiger partial charge in [-0.05, 0) is 61.9 Å². The smallest absolute Gasteiger partial charge is 0.244 e. The molecule has 1 N–H and O–H groups in total. The Bertz CT molecular complexity index is 1680. The van der Waals surface area contributed by atoms with Gasteiger partial charge >= 0.3 is 0 Å². The summed E-state index contributed by atoms with van der Waals surface area (Å²) in [6.07, 6.45) is 3.88. The van der Waals surface area contributed by atoms with Crippen LogP contribution in [0.4, 0.5) is 10.1 Å². The zero-order chi connectivity index (χ0) is 25.6. The topological polar surface area (TPSA) is 85.1 Å². The predicted octanol–water partition coefficient (Wildman–Crippen LogP) is 4.22. The maximum Gasteiger partial charge on any atom is 0.244 e. The Hall–Kier alpha value is -4.02. The summed E-state index contributed by atoms with van der Waals surface area (Å²) in [4.78, 5) is 2.35. The van der Waals surface area contributed by atoms with Crippen molar-refractivity contribution in [2.24, 2.45) is 0 Å². The summed E-state index contributed by atoms with van der Waals surface area (Å²) in [6.45, 7) is 3.00. The summed E-state index contributed by atoms with van der Waals surface area (Å²) in [5, 5.41) is 9.80. The van der Waals surface area contributed by atoms with Crippen LogP contribution in [-0.4, -0.2) is 47.1 Å². The molecule has 1 atom stereocenters. The van der Waals surface area contributed by atoms with Crippen LogP contribution in [0.1, 0.15) is 12.1 Å². The fourth-order valence-corrected chi connectivity index (χ4v) is 6.37. The van der Waals surface area contributed by atoms with Crippen molar-refractivity contribution in [2.75, 3.05) is 18.0 Å². The van der Waals surface area contributed by atoms with Crippen molar-refractivity contribution >= 4 is 26.6 Å². The van der Waals surface area contributed by atoms with Crippen molar-refractivity contribution in [2.45, 2.75) is 24.3 Å². The van der Waals surface area contributed by atoms with E-state index < -0.39 is 10.0 Å². The summed E-state index contributed by atoms with van der Waals surface area (Å²) in [5.41, 5.74) is 4.03. The molecule has 5 aromatic rings. The number of rotatable bonds is 6. The van der Waals surface area contributed by atoms with Gasteiger partial charge in [-0.3, -0.25) is 0 Å². The molecule has 0 spiro atoms. The molecule has 3 heterocycles. The predicted molar refractivity (Wildman–Crippen MR) is 140 cm³/mol. The molecular weight excluding hydrogens is 491 g/mol. The number of hydrogen-bond donors (Lipinski definition) is 1. The number of fused-ring (bicyclic) bond motifs is 1. The summed E-state index contributed by atoms with van der Waals surface area (Å²) in [7, 11) is -3.75. The van der Waals surface area contributed by atoms with Crippen molar-refractivity contribution < 1.29 is 12.8 Å². The molecule has 2 aromatic heterocycles. The number of para-hydroxylation sites is 1. The lowest BCUT2D eigenvalue weighted by molar-refractivity contribution is 0.560. The van der Waals surface area contributed by atoms with Gasteiger partial charge in [0.25, 0.3) is 0 Å². The number of nitrogens with one attached hydrogen (secondary N) is 1. The molecule has 6 rings (SSSR count). The van der Waals surface area contributed by atoms with Crippen LogP contribution in [0.15, 0.2) is 90.1 Å². The quantitative estimate of drug-likeness (QED) is 0.365. The maximum absolute atomic E-state index is 13.4. The SMILES string of the molecule is Cc1c(S(=O)(=O)N[C@H]2CCN(c3cccc4c3cnn4-c3ccc(F)cc3)C2)cnn1-c1ccccc1. The van der Waals surface area contributed by atoms with Crippen LogP contribution in [-0.2, 0) is 10.0 Å². The van der Waals surface area contributed by atoms with Gasteiger partial charge in [-0.2, -0.15) is 10.2 Å². The monoisotopic (exact) mass is 516 g/mol. The van der Waals surface area contributed by atoms with Crippen molar-refractivity contribution in [3.05, 3.63) is 96.7 Å². The van der Waals surface area contributed by atoms with E-state index in [0.717, 1.165) is 28.0 Å². The average molecular weight is 517 g/mol. The van der Waals surface area contributed by atoms with Gasteiger partial charge in [0.2, 0.25) is 10.0 Å². The van der Waals surface area contributed by atoms with Gasteiger partial charge < -0.3 is 4.90 Å². The highest BCUT2D eigenvalue weighted by Gasteiger charge is 2.30. The summed E-state index contributed by atoms with van der Waals surface area (Å²) in [6, 6.07) is 21.4. The fourth-order valence-electron chi connectivity index (χ4n) is 4.95. The molecule has 0 unspecified atom stereocenters. The Morgan fingerprint density at radius 3 is 2.41 bits per heavy atom. The fraction of sp³-hybridized carbons (Fsp3) is 0.185. The molecule has 37 heavy (non-hydrogen) atoms. The minimum atomic E-state index is -3.75. The lowest BCUT2D eigenvalue weighted by atomic mass is 10.2. The minimum absolute atomic E-state index is 0.178. The molecule has 1 fully saturated rings. The van der Waals surface area contributed by atoms with Gasteiger partial charge in [0.15, 0.2) is 0 Å². The van der Waals surface area contributed by atoms with Gasteiger partial charge in [-0.1, -0.05) is 24.3 Å². The number of nitrogens with zero attached hydrogens (tertiary/aromatic N) is 5. The molecule has 1 aliphatic rings. The molecule has 0 radical (unpaired) electrons. The molecule has 1 saturated heterocycles. The van der Waals surface area contributed by atoms with Crippen LogP contribution in [0.5, 0.6) is 0 Å². The van der Waals surface area contributed by atoms with Crippen LogP contribution >= 0.6 is 0 Å². The molecule has 10 heteroatoms. The summed E-state index contributed by atoms with van der Waals surface area (Å²) in [5.74, 6) is -0.297. The van der Waals surface area contributed by atoms with Gasteiger partial charge in [0.1, 0.15) is 10.7 Å². The molecule has 0 amide bonds. The van der Waals surface area contributed by atoms with E-state index in [2.05, 4.69) is 19.8 Å². The highest BCUT2D eigenvalue weighted by molar-refractivity contribution is 7.89. The molecular formula is C27H25FN6O2S. The normalized spacial score (nSPS) is 16.1. The van der Waals surface area contributed by atoms with E-state index in [1.807, 2.05) is 48.5 Å². The van der Waals surface area contributed by atoms with Crippen molar-refractivity contribution in [3.8, 4) is 11.4 Å². The van der Waals surface area contributed by atoms with Crippen LogP contribution in [0.2, 0.25) is 0 Å². The number of hydrogen-bond acceptors (Lipinski definition) is 5. The minimum Gasteiger partial charge on any atom is -0.369 e. The summed E-state index contributed by atoms with van der Waals surface area (Å²) >= 11 is 0. The number of sulfonamides is 1. The first-order valence-electron chi connectivity index (χ1n) is 12.0. The van der Waals surface area contributed by atoms with E-state index in [1.54, 1.807) is 34.6 Å². The van der Waals surface area contributed by atoms with Crippen LogP contribution in [0.25, 0.3) is 22.3 Å². The first-order valence-corrected chi connectivity index (χ1v) is 13.5. The Balaban J connectivity index is 1.22. The molecule has 0 bridgehead atoms. The van der Waals surface area contributed by atoms with Crippen LogP contribution in [0, 0.1) is 12.7 Å². The standard InChI is InChI=1S/C27H25FN6O2S/c1-19-27(17-30-33(19)22-6-3-2-4-7-22)37(35,36)31-21-14-15-32(18-21)25-8-5-9-26-24(25)16-29-34(26)23-12-10-20(28)11-13-23/h2-13,16-17,21,31H,14-15,18H2,1H3/t21-/m0/s1. The first kappa shape index (κ1) is 23.4. The second-order valence-corrected chi connectivity index (χ2v) is 10.8. The third kappa shape index (κ3) is 4.28. The maximum atomic E-state index is 13.4. The molecule has 1 aliphatic heterocycles.